The van der Waals surface area contributed by atoms with E-state index in [1.165, 1.54) is 27.0 Å². The van der Waals surface area contributed by atoms with Crippen LogP contribution in [0.25, 0.3) is 10.9 Å². The lowest BCUT2D eigenvalue weighted by Crippen LogP contribution is -2.65. The van der Waals surface area contributed by atoms with Crippen molar-refractivity contribution in [3.63, 3.8) is 0 Å². The number of ether oxygens (including phenoxy) is 1. The van der Waals surface area contributed by atoms with E-state index in [0.717, 1.165) is 31.4 Å². The Hall–Kier alpha value is -3.15. The zero-order valence-electron chi connectivity index (χ0n) is 19.6. The summed E-state index contributed by atoms with van der Waals surface area (Å²) in [6, 6.07) is 1.83. The molecule has 0 amide bonds. The summed E-state index contributed by atoms with van der Waals surface area (Å²) in [5.74, 6) is -7.37. The molecule has 194 valence electrons. The third-order valence-corrected chi connectivity index (χ3v) is 6.54. The van der Waals surface area contributed by atoms with Crippen molar-refractivity contribution in [1.82, 2.24) is 9.97 Å². The molecule has 1 aliphatic carbocycles. The molecule has 12 heteroatoms. The molecule has 36 heavy (non-hydrogen) atoms. The van der Waals surface area contributed by atoms with Crippen molar-refractivity contribution in [2.24, 2.45) is 0 Å². The molecule has 0 spiro atoms. The number of halogens is 7. The summed E-state index contributed by atoms with van der Waals surface area (Å²) in [6.07, 6.45) is -6.06. The van der Waals surface area contributed by atoms with Gasteiger partial charge in [0.1, 0.15) is 17.2 Å². The SMILES string of the molecule is COc1c(F)ccc2c1C(C)(C)C[C@](O)(C(F)(F)C(F)(F)F)[C@@H]2Nc1ccc(F)c2nc(C)ncc12. The fourth-order valence-electron chi connectivity index (χ4n) is 5.02. The van der Waals surface area contributed by atoms with Crippen LogP contribution in [0.5, 0.6) is 5.75 Å². The number of anilines is 1. The van der Waals surface area contributed by atoms with Crippen LogP contribution >= 0.6 is 0 Å². The molecule has 0 radical (unpaired) electrons. The standard InChI is InChI=1S/C24H22F7N3O2/c1-11-32-9-13-16(8-7-14(25)18(13)33-11)34-20-12-5-6-15(26)19(36-4)17(12)21(2,3)10-22(20,35)23(27,28)24(29,30)31/h5-9,20,34-35H,10H2,1-4H3/t20-,22-/m1/s1. The maximum absolute atomic E-state index is 15.1. The molecule has 0 fully saturated rings. The van der Waals surface area contributed by atoms with Gasteiger partial charge in [-0.1, -0.05) is 19.9 Å². The van der Waals surface area contributed by atoms with Gasteiger partial charge in [-0.3, -0.25) is 0 Å². The van der Waals surface area contributed by atoms with Crippen LogP contribution in [0.3, 0.4) is 0 Å². The lowest BCUT2D eigenvalue weighted by molar-refractivity contribution is -0.349. The Morgan fingerprint density at radius 1 is 1.06 bits per heavy atom. The van der Waals surface area contributed by atoms with Crippen LogP contribution in [0.4, 0.5) is 36.4 Å². The number of rotatable bonds is 4. The summed E-state index contributed by atoms with van der Waals surface area (Å²) < 4.78 is 105. The van der Waals surface area contributed by atoms with E-state index in [1.54, 1.807) is 0 Å². The average molecular weight is 517 g/mol. The molecule has 1 aliphatic rings. The molecule has 1 aromatic heterocycles. The van der Waals surface area contributed by atoms with E-state index in [9.17, 15) is 27.1 Å². The van der Waals surface area contributed by atoms with Crippen LogP contribution in [0, 0.1) is 18.6 Å². The summed E-state index contributed by atoms with van der Waals surface area (Å²) in [6.45, 7) is 4.11. The summed E-state index contributed by atoms with van der Waals surface area (Å²) in [5, 5.41) is 13.8. The summed E-state index contributed by atoms with van der Waals surface area (Å²) >= 11 is 0. The fraction of sp³-hybridized carbons (Fsp3) is 0.417. The van der Waals surface area contributed by atoms with Crippen molar-refractivity contribution >= 4 is 16.6 Å². The van der Waals surface area contributed by atoms with Gasteiger partial charge in [0.15, 0.2) is 17.2 Å². The second kappa shape index (κ2) is 8.19. The predicted octanol–water partition coefficient (Wildman–Crippen LogP) is 5.99. The maximum atomic E-state index is 15.1. The largest absolute Gasteiger partial charge is 0.493 e. The number of hydrogen-bond donors (Lipinski definition) is 2. The van der Waals surface area contributed by atoms with E-state index in [1.807, 2.05) is 0 Å². The van der Waals surface area contributed by atoms with Gasteiger partial charge in [0.2, 0.25) is 0 Å². The van der Waals surface area contributed by atoms with Crippen molar-refractivity contribution in [1.29, 1.82) is 0 Å². The van der Waals surface area contributed by atoms with Crippen molar-refractivity contribution < 1.29 is 40.6 Å². The highest BCUT2D eigenvalue weighted by Crippen LogP contribution is 2.59. The first-order valence-corrected chi connectivity index (χ1v) is 10.8. The van der Waals surface area contributed by atoms with E-state index < -0.39 is 47.2 Å². The molecule has 0 bridgehead atoms. The number of nitrogens with zero attached hydrogens (tertiary/aromatic N) is 2. The van der Waals surface area contributed by atoms with Crippen molar-refractivity contribution in [2.45, 2.75) is 56.3 Å². The highest BCUT2D eigenvalue weighted by molar-refractivity contribution is 5.91. The van der Waals surface area contributed by atoms with Crippen molar-refractivity contribution in [2.75, 3.05) is 12.4 Å². The Bertz CT molecular complexity index is 1340. The van der Waals surface area contributed by atoms with Crippen LogP contribution < -0.4 is 10.1 Å². The quantitative estimate of drug-likeness (QED) is 0.417. The van der Waals surface area contributed by atoms with Crippen LogP contribution in [0.15, 0.2) is 30.5 Å². The molecule has 0 aliphatic heterocycles. The van der Waals surface area contributed by atoms with Gasteiger partial charge in [0, 0.05) is 22.8 Å². The Morgan fingerprint density at radius 2 is 1.69 bits per heavy atom. The predicted molar refractivity (Wildman–Crippen MR) is 117 cm³/mol. The van der Waals surface area contributed by atoms with E-state index in [2.05, 4.69) is 15.3 Å². The lowest BCUT2D eigenvalue weighted by Gasteiger charge is -2.51. The fourth-order valence-corrected chi connectivity index (χ4v) is 5.02. The molecular formula is C24H22F7N3O2. The summed E-state index contributed by atoms with van der Waals surface area (Å²) in [4.78, 5) is 7.93. The molecule has 3 aromatic rings. The van der Waals surface area contributed by atoms with Crippen LogP contribution in [0.1, 0.15) is 43.3 Å². The van der Waals surface area contributed by atoms with Gasteiger partial charge in [0.25, 0.3) is 0 Å². The molecule has 0 saturated carbocycles. The third-order valence-electron chi connectivity index (χ3n) is 6.54. The summed E-state index contributed by atoms with van der Waals surface area (Å²) in [7, 11) is 1.13. The first-order valence-electron chi connectivity index (χ1n) is 10.8. The minimum absolute atomic E-state index is 0.0151. The van der Waals surface area contributed by atoms with E-state index in [-0.39, 0.29) is 39.3 Å². The van der Waals surface area contributed by atoms with E-state index >= 15 is 8.78 Å². The van der Waals surface area contributed by atoms with E-state index in [4.69, 9.17) is 4.74 Å². The van der Waals surface area contributed by atoms with Gasteiger partial charge in [0.05, 0.1) is 13.2 Å². The lowest BCUT2D eigenvalue weighted by atomic mass is 9.61. The van der Waals surface area contributed by atoms with E-state index in [0.29, 0.717) is 0 Å². The van der Waals surface area contributed by atoms with Crippen molar-refractivity contribution in [3.8, 4) is 5.75 Å². The summed E-state index contributed by atoms with van der Waals surface area (Å²) in [5.41, 5.74) is -5.84. The molecule has 2 N–H and O–H groups in total. The molecule has 5 nitrogen and oxygen atoms in total. The Kier molecular flexibility index (Phi) is 5.90. The molecular weight excluding hydrogens is 495 g/mol. The van der Waals surface area contributed by atoms with Gasteiger partial charge in [-0.05, 0) is 42.5 Å². The maximum Gasteiger partial charge on any atom is 0.456 e. The number of fused-ring (bicyclic) bond motifs is 2. The highest BCUT2D eigenvalue weighted by atomic mass is 19.4. The molecule has 2 atom stereocenters. The molecule has 0 saturated heterocycles. The monoisotopic (exact) mass is 517 g/mol. The number of aromatic nitrogens is 2. The normalized spacial score (nSPS) is 21.8. The van der Waals surface area contributed by atoms with Crippen LogP contribution in [-0.2, 0) is 5.41 Å². The smallest absolute Gasteiger partial charge is 0.456 e. The number of benzene rings is 2. The molecule has 1 heterocycles. The Balaban J connectivity index is 2.02. The average Bonchev–Trinajstić information content (AvgIpc) is 2.77. The number of methoxy groups -OCH3 is 1. The van der Waals surface area contributed by atoms with Crippen LogP contribution in [-0.4, -0.2) is 39.9 Å². The number of hydrogen-bond acceptors (Lipinski definition) is 5. The van der Waals surface area contributed by atoms with Gasteiger partial charge in [-0.15, -0.1) is 0 Å². The minimum Gasteiger partial charge on any atom is -0.493 e. The number of aryl methyl sites for hydroxylation is 1. The van der Waals surface area contributed by atoms with Gasteiger partial charge in [-0.2, -0.15) is 22.0 Å². The Morgan fingerprint density at radius 3 is 2.31 bits per heavy atom. The van der Waals surface area contributed by atoms with Gasteiger partial charge in [-0.25, -0.2) is 18.7 Å². The minimum atomic E-state index is -6.12. The van der Waals surface area contributed by atoms with Crippen LogP contribution in [0.2, 0.25) is 0 Å². The zero-order valence-corrected chi connectivity index (χ0v) is 19.6. The molecule has 2 aromatic carbocycles. The van der Waals surface area contributed by atoms with Crippen molar-refractivity contribution in [3.05, 3.63) is 59.0 Å². The van der Waals surface area contributed by atoms with Gasteiger partial charge < -0.3 is 15.2 Å². The first-order chi connectivity index (χ1) is 16.5. The second-order valence-electron chi connectivity index (χ2n) is 9.45. The zero-order chi connectivity index (χ0) is 26.8. The number of nitrogens with one attached hydrogen (secondary N) is 1. The highest BCUT2D eigenvalue weighted by Gasteiger charge is 2.74. The topological polar surface area (TPSA) is 67.3 Å². The second-order valence-corrected chi connectivity index (χ2v) is 9.45. The molecule has 4 rings (SSSR count). The Labute approximate surface area is 201 Å². The number of aliphatic hydroxyl groups is 1. The van der Waals surface area contributed by atoms with Gasteiger partial charge >= 0.3 is 12.1 Å². The molecule has 0 unspecified atom stereocenters. The first kappa shape index (κ1) is 25.9. The number of alkyl halides is 5. The third kappa shape index (κ3) is 3.73.